The predicted molar refractivity (Wildman–Crippen MR) is 77.4 cm³/mol. The Balaban J connectivity index is 1.66. The van der Waals surface area contributed by atoms with E-state index < -0.39 is 0 Å². The fourth-order valence-corrected chi connectivity index (χ4v) is 2.61. The van der Waals surface area contributed by atoms with Crippen molar-refractivity contribution in [2.45, 2.75) is 6.54 Å². The lowest BCUT2D eigenvalue weighted by Gasteiger charge is -2.02. The van der Waals surface area contributed by atoms with Crippen LogP contribution in [0.15, 0.2) is 58.8 Å². The summed E-state index contributed by atoms with van der Waals surface area (Å²) in [5.41, 5.74) is 1.90. The molecule has 100 valence electrons. The molecule has 1 N–H and O–H groups in total. The second-order valence-corrected chi connectivity index (χ2v) is 5.13. The molecule has 3 aromatic rings. The number of pyridine rings is 1. The highest BCUT2D eigenvalue weighted by atomic mass is 32.1. The van der Waals surface area contributed by atoms with E-state index >= 15 is 0 Å². The number of rotatable bonds is 4. The van der Waals surface area contributed by atoms with E-state index in [1.807, 2.05) is 35.7 Å². The number of amides is 1. The van der Waals surface area contributed by atoms with Crippen LogP contribution in [0.1, 0.15) is 15.2 Å². The van der Waals surface area contributed by atoms with Gasteiger partial charge in [-0.05, 0) is 29.8 Å². The number of aromatic nitrogens is 1. The van der Waals surface area contributed by atoms with Crippen LogP contribution in [-0.4, -0.2) is 10.9 Å². The lowest BCUT2D eigenvalue weighted by Crippen LogP contribution is -2.21. The summed E-state index contributed by atoms with van der Waals surface area (Å²) in [7, 11) is 0. The van der Waals surface area contributed by atoms with E-state index in [2.05, 4.69) is 10.3 Å². The first-order valence-corrected chi connectivity index (χ1v) is 7.00. The summed E-state index contributed by atoms with van der Waals surface area (Å²) in [5.74, 6) is 0.684. The van der Waals surface area contributed by atoms with E-state index in [1.54, 1.807) is 18.7 Å². The fraction of sp³-hybridized carbons (Fsp3) is 0.0667. The maximum Gasteiger partial charge on any atom is 0.261 e. The van der Waals surface area contributed by atoms with Crippen LogP contribution in [0.5, 0.6) is 0 Å². The number of nitrogens with zero attached hydrogens (tertiary/aromatic N) is 1. The van der Waals surface area contributed by atoms with Gasteiger partial charge in [0.05, 0.1) is 11.1 Å². The molecule has 1 amide bonds. The number of hydrogen-bond donors (Lipinski definition) is 1. The summed E-state index contributed by atoms with van der Waals surface area (Å²) in [4.78, 5) is 16.7. The third-order valence-electron chi connectivity index (χ3n) is 2.80. The zero-order chi connectivity index (χ0) is 13.8. The van der Waals surface area contributed by atoms with Gasteiger partial charge < -0.3 is 9.73 Å². The molecule has 0 atom stereocenters. The predicted octanol–water partition coefficient (Wildman–Crippen LogP) is 3.33. The number of nitrogens with one attached hydrogen (secondary N) is 1. The van der Waals surface area contributed by atoms with Crippen LogP contribution in [0, 0.1) is 0 Å². The second-order valence-electron chi connectivity index (χ2n) is 4.22. The topological polar surface area (TPSA) is 55.1 Å². The molecule has 3 aromatic heterocycles. The van der Waals surface area contributed by atoms with Crippen LogP contribution in [0.4, 0.5) is 0 Å². The molecule has 0 saturated heterocycles. The van der Waals surface area contributed by atoms with Gasteiger partial charge >= 0.3 is 0 Å². The molecule has 0 unspecified atom stereocenters. The number of carbonyl (C=O) groups is 1. The second kappa shape index (κ2) is 5.71. The van der Waals surface area contributed by atoms with Crippen molar-refractivity contribution in [3.63, 3.8) is 0 Å². The molecule has 0 bridgehead atoms. The van der Waals surface area contributed by atoms with E-state index in [0.29, 0.717) is 11.4 Å². The summed E-state index contributed by atoms with van der Waals surface area (Å²) in [6, 6.07) is 9.31. The van der Waals surface area contributed by atoms with Gasteiger partial charge in [-0.15, -0.1) is 11.3 Å². The molecule has 0 radical (unpaired) electrons. The van der Waals surface area contributed by atoms with Crippen molar-refractivity contribution < 1.29 is 9.21 Å². The standard InChI is InChI=1S/C15H12N2O2S/c18-15(17-9-11-3-1-5-16-8-11)14-7-12(10-20-14)13-4-2-6-19-13/h1-8,10H,9H2,(H,17,18). The molecule has 0 aliphatic rings. The van der Waals surface area contributed by atoms with Gasteiger partial charge in [0.25, 0.3) is 5.91 Å². The maximum atomic E-state index is 12.0. The minimum atomic E-state index is -0.0864. The van der Waals surface area contributed by atoms with Crippen molar-refractivity contribution in [1.82, 2.24) is 10.3 Å². The quantitative estimate of drug-likeness (QED) is 0.799. The first-order valence-electron chi connectivity index (χ1n) is 6.12. The van der Waals surface area contributed by atoms with Crippen LogP contribution in [0.2, 0.25) is 0 Å². The molecular weight excluding hydrogens is 272 g/mol. The molecule has 0 spiro atoms. The van der Waals surface area contributed by atoms with E-state index in [1.165, 1.54) is 11.3 Å². The smallest absolute Gasteiger partial charge is 0.261 e. The van der Waals surface area contributed by atoms with E-state index in [0.717, 1.165) is 16.9 Å². The zero-order valence-electron chi connectivity index (χ0n) is 10.6. The van der Waals surface area contributed by atoms with Crippen molar-refractivity contribution in [2.24, 2.45) is 0 Å². The highest BCUT2D eigenvalue weighted by Crippen LogP contribution is 2.25. The van der Waals surface area contributed by atoms with Crippen molar-refractivity contribution in [2.75, 3.05) is 0 Å². The molecule has 3 rings (SSSR count). The van der Waals surface area contributed by atoms with Crippen LogP contribution in [-0.2, 0) is 6.54 Å². The molecule has 0 aliphatic carbocycles. The maximum absolute atomic E-state index is 12.0. The third kappa shape index (κ3) is 2.78. The number of thiophene rings is 1. The molecule has 0 saturated carbocycles. The van der Waals surface area contributed by atoms with Gasteiger partial charge in [0.15, 0.2) is 0 Å². The van der Waals surface area contributed by atoms with Crippen molar-refractivity contribution in [1.29, 1.82) is 0 Å². The van der Waals surface area contributed by atoms with Gasteiger partial charge in [-0.3, -0.25) is 9.78 Å². The lowest BCUT2D eigenvalue weighted by atomic mass is 10.2. The van der Waals surface area contributed by atoms with Gasteiger partial charge in [-0.2, -0.15) is 0 Å². The summed E-state index contributed by atoms with van der Waals surface area (Å²) in [6.45, 7) is 0.473. The summed E-state index contributed by atoms with van der Waals surface area (Å²) >= 11 is 1.40. The Labute approximate surface area is 120 Å². The van der Waals surface area contributed by atoms with Crippen LogP contribution in [0.25, 0.3) is 11.3 Å². The zero-order valence-corrected chi connectivity index (χ0v) is 11.4. The Morgan fingerprint density at radius 1 is 1.35 bits per heavy atom. The minimum absolute atomic E-state index is 0.0864. The van der Waals surface area contributed by atoms with Crippen molar-refractivity contribution in [3.05, 3.63) is 64.8 Å². The Bertz CT molecular complexity index is 690. The average molecular weight is 284 g/mol. The molecule has 0 fully saturated rings. The molecule has 0 aliphatic heterocycles. The summed E-state index contributed by atoms with van der Waals surface area (Å²) < 4.78 is 5.31. The van der Waals surface area contributed by atoms with Crippen LogP contribution in [0.3, 0.4) is 0 Å². The van der Waals surface area contributed by atoms with Crippen molar-refractivity contribution >= 4 is 17.2 Å². The highest BCUT2D eigenvalue weighted by molar-refractivity contribution is 7.12. The monoisotopic (exact) mass is 284 g/mol. The van der Waals surface area contributed by atoms with E-state index in [-0.39, 0.29) is 5.91 Å². The van der Waals surface area contributed by atoms with Gasteiger partial charge in [-0.1, -0.05) is 6.07 Å². The molecule has 5 heteroatoms. The Kier molecular flexibility index (Phi) is 3.60. The average Bonchev–Trinajstić information content (AvgIpc) is 3.16. The summed E-state index contributed by atoms with van der Waals surface area (Å²) in [5, 5.41) is 4.79. The SMILES string of the molecule is O=C(NCc1cccnc1)c1cc(-c2ccco2)cs1. The van der Waals surface area contributed by atoms with Gasteiger partial charge in [0, 0.05) is 29.9 Å². The largest absolute Gasteiger partial charge is 0.464 e. The minimum Gasteiger partial charge on any atom is -0.464 e. The first kappa shape index (κ1) is 12.6. The molecule has 20 heavy (non-hydrogen) atoms. The van der Waals surface area contributed by atoms with E-state index in [4.69, 9.17) is 4.42 Å². The van der Waals surface area contributed by atoms with Crippen LogP contribution >= 0.6 is 11.3 Å². The molecule has 0 aromatic carbocycles. The molecule has 3 heterocycles. The normalized spacial score (nSPS) is 10.4. The fourth-order valence-electron chi connectivity index (χ4n) is 1.80. The first-order chi connectivity index (χ1) is 9.83. The Morgan fingerprint density at radius 2 is 2.30 bits per heavy atom. The van der Waals surface area contributed by atoms with Gasteiger partial charge in [0.1, 0.15) is 5.76 Å². The van der Waals surface area contributed by atoms with E-state index in [9.17, 15) is 4.79 Å². The number of carbonyl (C=O) groups excluding carboxylic acids is 1. The number of furan rings is 1. The Hall–Kier alpha value is -2.40. The van der Waals surface area contributed by atoms with Crippen molar-refractivity contribution in [3.8, 4) is 11.3 Å². The lowest BCUT2D eigenvalue weighted by molar-refractivity contribution is 0.0955. The Morgan fingerprint density at radius 3 is 3.05 bits per heavy atom. The molecule has 4 nitrogen and oxygen atoms in total. The number of hydrogen-bond acceptors (Lipinski definition) is 4. The summed E-state index contributed by atoms with van der Waals surface area (Å²) in [6.07, 6.45) is 5.07. The van der Waals surface area contributed by atoms with Gasteiger partial charge in [-0.25, -0.2) is 0 Å². The highest BCUT2D eigenvalue weighted by Gasteiger charge is 2.11. The molecular formula is C15H12N2O2S. The van der Waals surface area contributed by atoms with Gasteiger partial charge in [0.2, 0.25) is 0 Å². The van der Waals surface area contributed by atoms with Crippen LogP contribution < -0.4 is 5.32 Å². The third-order valence-corrected chi connectivity index (χ3v) is 3.73.